The van der Waals surface area contributed by atoms with E-state index in [9.17, 15) is 0 Å². The highest BCUT2D eigenvalue weighted by molar-refractivity contribution is 9.10. The quantitative estimate of drug-likeness (QED) is 0.392. The smallest absolute Gasteiger partial charge is 0.162 e. The topological polar surface area (TPSA) is 30.5 Å². The van der Waals surface area contributed by atoms with E-state index >= 15 is 0 Å². The molecule has 5 heteroatoms. The molecule has 0 amide bonds. The molecule has 0 radical (unpaired) electrons. The van der Waals surface area contributed by atoms with Crippen LogP contribution in [0.4, 0.5) is 5.69 Å². The molecule has 0 heterocycles. The van der Waals surface area contributed by atoms with Crippen LogP contribution in [0.5, 0.6) is 11.5 Å². The lowest BCUT2D eigenvalue weighted by Gasteiger charge is -2.16. The Morgan fingerprint density at radius 1 is 0.964 bits per heavy atom. The van der Waals surface area contributed by atoms with Gasteiger partial charge >= 0.3 is 0 Å². The fraction of sp³-hybridized carbons (Fsp3) is 0.217. The first-order chi connectivity index (χ1) is 13.5. The van der Waals surface area contributed by atoms with E-state index < -0.39 is 0 Å². The Morgan fingerprint density at radius 2 is 1.71 bits per heavy atom. The molecule has 0 bridgehead atoms. The van der Waals surface area contributed by atoms with Gasteiger partial charge in [0, 0.05) is 21.7 Å². The number of nitrogens with one attached hydrogen (secondary N) is 1. The highest BCUT2D eigenvalue weighted by atomic mass is 79.9. The average Bonchev–Trinajstić information content (AvgIpc) is 2.68. The first-order valence-electron chi connectivity index (χ1n) is 9.18. The maximum atomic E-state index is 6.05. The highest BCUT2D eigenvalue weighted by Gasteiger charge is 2.11. The highest BCUT2D eigenvalue weighted by Crippen LogP contribution is 2.35. The van der Waals surface area contributed by atoms with Gasteiger partial charge in [-0.05, 0) is 61.4 Å². The van der Waals surface area contributed by atoms with Crippen molar-refractivity contribution in [2.24, 2.45) is 0 Å². The van der Waals surface area contributed by atoms with Crippen molar-refractivity contribution in [3.63, 3.8) is 0 Å². The van der Waals surface area contributed by atoms with Crippen molar-refractivity contribution in [2.45, 2.75) is 27.0 Å². The van der Waals surface area contributed by atoms with E-state index in [1.807, 2.05) is 49.4 Å². The summed E-state index contributed by atoms with van der Waals surface area (Å²) in [4.78, 5) is 0. The van der Waals surface area contributed by atoms with Crippen molar-refractivity contribution < 1.29 is 9.47 Å². The predicted molar refractivity (Wildman–Crippen MR) is 120 cm³/mol. The van der Waals surface area contributed by atoms with Crippen LogP contribution in [0.15, 0.2) is 65.1 Å². The van der Waals surface area contributed by atoms with Crippen molar-refractivity contribution in [1.82, 2.24) is 0 Å². The summed E-state index contributed by atoms with van der Waals surface area (Å²) in [7, 11) is 0. The Kier molecular flexibility index (Phi) is 7.24. The molecular weight excluding hydrogens is 438 g/mol. The molecule has 0 saturated carbocycles. The van der Waals surface area contributed by atoms with E-state index in [-0.39, 0.29) is 0 Å². The summed E-state index contributed by atoms with van der Waals surface area (Å²) in [6, 6.07) is 19.9. The van der Waals surface area contributed by atoms with Crippen LogP contribution in [0.2, 0.25) is 5.02 Å². The summed E-state index contributed by atoms with van der Waals surface area (Å²) < 4.78 is 12.8. The second-order valence-electron chi connectivity index (χ2n) is 6.46. The number of halogens is 2. The van der Waals surface area contributed by atoms with Gasteiger partial charge in [-0.2, -0.15) is 0 Å². The Morgan fingerprint density at radius 3 is 2.43 bits per heavy atom. The van der Waals surface area contributed by atoms with Gasteiger partial charge in [-0.15, -0.1) is 0 Å². The summed E-state index contributed by atoms with van der Waals surface area (Å²) in [6.07, 6.45) is 0. The van der Waals surface area contributed by atoms with Gasteiger partial charge in [0.1, 0.15) is 6.61 Å². The van der Waals surface area contributed by atoms with Crippen LogP contribution < -0.4 is 14.8 Å². The summed E-state index contributed by atoms with van der Waals surface area (Å²) in [5, 5.41) is 4.12. The number of aryl methyl sites for hydroxylation is 1. The van der Waals surface area contributed by atoms with Crippen LogP contribution in [-0.4, -0.2) is 6.61 Å². The van der Waals surface area contributed by atoms with Crippen molar-refractivity contribution >= 4 is 33.2 Å². The molecule has 0 aliphatic heterocycles. The van der Waals surface area contributed by atoms with Crippen LogP contribution in [0.25, 0.3) is 0 Å². The molecular formula is C23H23BrClNO2. The third-order valence-electron chi connectivity index (χ3n) is 4.22. The van der Waals surface area contributed by atoms with E-state index in [1.54, 1.807) is 0 Å². The second-order valence-corrected chi connectivity index (χ2v) is 7.75. The van der Waals surface area contributed by atoms with Crippen molar-refractivity contribution in [3.8, 4) is 11.5 Å². The Bertz CT molecular complexity index is 928. The number of ether oxygens (including phenoxy) is 2. The molecule has 0 atom stereocenters. The molecule has 28 heavy (non-hydrogen) atoms. The first-order valence-corrected chi connectivity index (χ1v) is 10.3. The third kappa shape index (κ3) is 5.66. The van der Waals surface area contributed by atoms with Crippen LogP contribution in [0.1, 0.15) is 23.6 Å². The maximum absolute atomic E-state index is 6.05. The predicted octanol–water partition coefficient (Wildman–Crippen LogP) is 7.00. The number of benzene rings is 3. The largest absolute Gasteiger partial charge is 0.490 e. The second kappa shape index (κ2) is 9.85. The molecule has 1 N–H and O–H groups in total. The van der Waals surface area contributed by atoms with Crippen LogP contribution in [0.3, 0.4) is 0 Å². The molecule has 0 aromatic heterocycles. The lowest BCUT2D eigenvalue weighted by Crippen LogP contribution is -2.04. The summed E-state index contributed by atoms with van der Waals surface area (Å²) in [6.45, 7) is 5.77. The zero-order valence-electron chi connectivity index (χ0n) is 16.0. The minimum Gasteiger partial charge on any atom is -0.490 e. The fourth-order valence-corrected chi connectivity index (χ4v) is 3.41. The van der Waals surface area contributed by atoms with Gasteiger partial charge in [-0.25, -0.2) is 0 Å². The van der Waals surface area contributed by atoms with Gasteiger partial charge < -0.3 is 14.8 Å². The third-order valence-corrected chi connectivity index (χ3v) is 5.21. The number of rotatable bonds is 8. The molecule has 3 aromatic carbocycles. The lowest BCUT2D eigenvalue weighted by molar-refractivity contribution is 0.269. The molecule has 3 aromatic rings. The number of hydrogen-bond donors (Lipinski definition) is 1. The molecule has 0 unspecified atom stereocenters. The SMILES string of the molecule is CCOc1cc(CNc2ccc(Cl)cc2)c(Br)cc1OCc1cccc(C)c1. The van der Waals surface area contributed by atoms with Crippen molar-refractivity contribution in [2.75, 3.05) is 11.9 Å². The zero-order valence-corrected chi connectivity index (χ0v) is 18.3. The van der Waals surface area contributed by atoms with Gasteiger partial charge in [0.15, 0.2) is 11.5 Å². The summed E-state index contributed by atoms with van der Waals surface area (Å²) in [5.41, 5.74) is 4.44. The standard InChI is InChI=1S/C23H23BrClNO2/c1-3-27-22-12-18(14-26-20-9-7-19(25)8-10-20)21(24)13-23(22)28-15-17-6-4-5-16(2)11-17/h4-13,26H,3,14-15H2,1-2H3. The van der Waals surface area contributed by atoms with E-state index in [0.717, 1.165) is 37.8 Å². The zero-order chi connectivity index (χ0) is 19.9. The monoisotopic (exact) mass is 459 g/mol. The normalized spacial score (nSPS) is 10.6. The average molecular weight is 461 g/mol. The first kappa shape index (κ1) is 20.6. The molecule has 0 saturated heterocycles. The Labute approximate surface area is 179 Å². The van der Waals surface area contributed by atoms with Gasteiger partial charge in [0.25, 0.3) is 0 Å². The van der Waals surface area contributed by atoms with E-state index in [0.29, 0.717) is 19.8 Å². The van der Waals surface area contributed by atoms with Crippen LogP contribution >= 0.6 is 27.5 Å². The molecule has 0 aliphatic rings. The van der Waals surface area contributed by atoms with Gasteiger partial charge in [0.2, 0.25) is 0 Å². The number of anilines is 1. The maximum Gasteiger partial charge on any atom is 0.162 e. The Hall–Kier alpha value is -2.17. The minimum atomic E-state index is 0.497. The summed E-state index contributed by atoms with van der Waals surface area (Å²) >= 11 is 9.60. The molecule has 0 spiro atoms. The fourth-order valence-electron chi connectivity index (χ4n) is 2.82. The molecule has 146 valence electrons. The van der Waals surface area contributed by atoms with Crippen molar-refractivity contribution in [1.29, 1.82) is 0 Å². The molecule has 3 nitrogen and oxygen atoms in total. The Balaban J connectivity index is 1.74. The van der Waals surface area contributed by atoms with Crippen LogP contribution in [-0.2, 0) is 13.2 Å². The lowest BCUT2D eigenvalue weighted by atomic mass is 10.1. The van der Waals surface area contributed by atoms with Gasteiger partial charge in [0.05, 0.1) is 6.61 Å². The van der Waals surface area contributed by atoms with E-state index in [4.69, 9.17) is 21.1 Å². The summed E-state index contributed by atoms with van der Waals surface area (Å²) in [5.74, 6) is 1.47. The van der Waals surface area contributed by atoms with Gasteiger partial charge in [-0.3, -0.25) is 0 Å². The number of hydrogen-bond acceptors (Lipinski definition) is 3. The molecule has 3 rings (SSSR count). The van der Waals surface area contributed by atoms with E-state index in [1.165, 1.54) is 5.56 Å². The van der Waals surface area contributed by atoms with Gasteiger partial charge in [-0.1, -0.05) is 57.4 Å². The molecule has 0 fully saturated rings. The van der Waals surface area contributed by atoms with E-state index in [2.05, 4.69) is 46.4 Å². The van der Waals surface area contributed by atoms with Crippen LogP contribution in [0, 0.1) is 6.92 Å². The van der Waals surface area contributed by atoms with Crippen molar-refractivity contribution in [3.05, 3.63) is 86.8 Å². The minimum absolute atomic E-state index is 0.497. The molecule has 0 aliphatic carbocycles.